The SMILES string of the molecule is CNC1CCCN(C2CCCCC2c2ccccc2)C1. The number of rotatable bonds is 3. The van der Waals surface area contributed by atoms with E-state index < -0.39 is 0 Å². The molecular formula is C18H28N2. The molecule has 110 valence electrons. The molecule has 1 aromatic rings. The van der Waals surface area contributed by atoms with Crippen LogP contribution in [0, 0.1) is 0 Å². The third-order valence-electron chi connectivity index (χ3n) is 5.29. The Morgan fingerprint density at radius 2 is 1.80 bits per heavy atom. The summed E-state index contributed by atoms with van der Waals surface area (Å²) in [4.78, 5) is 2.78. The molecule has 3 rings (SSSR count). The van der Waals surface area contributed by atoms with Crippen LogP contribution in [0.5, 0.6) is 0 Å². The fraction of sp³-hybridized carbons (Fsp3) is 0.667. The Kier molecular flexibility index (Phi) is 4.74. The second-order valence-electron chi connectivity index (χ2n) is 6.49. The van der Waals surface area contributed by atoms with Crippen molar-refractivity contribution in [2.24, 2.45) is 0 Å². The lowest BCUT2D eigenvalue weighted by atomic mass is 9.78. The highest BCUT2D eigenvalue weighted by Crippen LogP contribution is 2.37. The third kappa shape index (κ3) is 3.07. The van der Waals surface area contributed by atoms with E-state index in [2.05, 4.69) is 47.6 Å². The molecule has 1 saturated carbocycles. The molecule has 0 bridgehead atoms. The van der Waals surface area contributed by atoms with E-state index >= 15 is 0 Å². The number of piperidine rings is 1. The van der Waals surface area contributed by atoms with E-state index in [1.807, 2.05) is 0 Å². The molecule has 0 spiro atoms. The van der Waals surface area contributed by atoms with Gasteiger partial charge in [-0.3, -0.25) is 4.90 Å². The first-order valence-corrected chi connectivity index (χ1v) is 8.35. The topological polar surface area (TPSA) is 15.3 Å². The van der Waals surface area contributed by atoms with Crippen LogP contribution >= 0.6 is 0 Å². The summed E-state index contributed by atoms with van der Waals surface area (Å²) in [5, 5.41) is 3.49. The third-order valence-corrected chi connectivity index (χ3v) is 5.29. The second kappa shape index (κ2) is 6.73. The van der Waals surface area contributed by atoms with Gasteiger partial charge in [0.1, 0.15) is 0 Å². The first-order valence-electron chi connectivity index (χ1n) is 8.35. The highest BCUT2D eigenvalue weighted by Gasteiger charge is 2.33. The Morgan fingerprint density at radius 3 is 2.60 bits per heavy atom. The van der Waals surface area contributed by atoms with Gasteiger partial charge >= 0.3 is 0 Å². The van der Waals surface area contributed by atoms with Crippen molar-refractivity contribution in [2.75, 3.05) is 20.1 Å². The van der Waals surface area contributed by atoms with E-state index in [1.54, 1.807) is 5.56 Å². The van der Waals surface area contributed by atoms with Gasteiger partial charge in [0.15, 0.2) is 0 Å². The van der Waals surface area contributed by atoms with Gasteiger partial charge in [-0.1, -0.05) is 43.2 Å². The Bertz CT molecular complexity index is 403. The van der Waals surface area contributed by atoms with E-state index in [9.17, 15) is 0 Å². The molecule has 1 heterocycles. The van der Waals surface area contributed by atoms with Gasteiger partial charge in [-0.2, -0.15) is 0 Å². The summed E-state index contributed by atoms with van der Waals surface area (Å²) in [6.07, 6.45) is 8.26. The van der Waals surface area contributed by atoms with Gasteiger partial charge in [0.05, 0.1) is 0 Å². The Hall–Kier alpha value is -0.860. The monoisotopic (exact) mass is 272 g/mol. The molecule has 1 saturated heterocycles. The first-order chi connectivity index (χ1) is 9.88. The normalized spacial score (nSPS) is 32.1. The van der Waals surface area contributed by atoms with Gasteiger partial charge in [-0.15, -0.1) is 0 Å². The molecule has 1 N–H and O–H groups in total. The average molecular weight is 272 g/mol. The van der Waals surface area contributed by atoms with Gasteiger partial charge in [-0.05, 0) is 50.8 Å². The van der Waals surface area contributed by atoms with Crippen molar-refractivity contribution in [3.63, 3.8) is 0 Å². The Labute approximate surface area is 123 Å². The largest absolute Gasteiger partial charge is 0.316 e. The van der Waals surface area contributed by atoms with Crippen molar-refractivity contribution in [3.05, 3.63) is 35.9 Å². The van der Waals surface area contributed by atoms with E-state index in [0.717, 1.165) is 12.0 Å². The maximum Gasteiger partial charge on any atom is 0.0192 e. The smallest absolute Gasteiger partial charge is 0.0192 e. The van der Waals surface area contributed by atoms with Crippen molar-refractivity contribution in [1.29, 1.82) is 0 Å². The number of nitrogens with one attached hydrogen (secondary N) is 1. The lowest BCUT2D eigenvalue weighted by molar-refractivity contribution is 0.0970. The van der Waals surface area contributed by atoms with Crippen LogP contribution in [0.1, 0.15) is 50.0 Å². The van der Waals surface area contributed by atoms with Crippen LogP contribution in [0.15, 0.2) is 30.3 Å². The minimum Gasteiger partial charge on any atom is -0.316 e. The molecular weight excluding hydrogens is 244 g/mol. The quantitative estimate of drug-likeness (QED) is 0.907. The van der Waals surface area contributed by atoms with Crippen molar-refractivity contribution < 1.29 is 0 Å². The number of benzene rings is 1. The summed E-state index contributed by atoms with van der Waals surface area (Å²) in [6, 6.07) is 12.7. The molecule has 2 nitrogen and oxygen atoms in total. The first kappa shape index (κ1) is 14.1. The molecule has 0 amide bonds. The van der Waals surface area contributed by atoms with Crippen LogP contribution in [-0.4, -0.2) is 37.1 Å². The zero-order valence-corrected chi connectivity index (χ0v) is 12.7. The van der Waals surface area contributed by atoms with Crippen LogP contribution in [0.25, 0.3) is 0 Å². The number of hydrogen-bond donors (Lipinski definition) is 1. The molecule has 2 aliphatic rings. The molecule has 1 aliphatic heterocycles. The predicted octanol–water partition coefficient (Wildman–Crippen LogP) is 3.40. The summed E-state index contributed by atoms with van der Waals surface area (Å²) in [7, 11) is 2.11. The highest BCUT2D eigenvalue weighted by molar-refractivity contribution is 5.22. The number of likely N-dealkylation sites (tertiary alicyclic amines) is 1. The fourth-order valence-corrected chi connectivity index (χ4v) is 4.18. The van der Waals surface area contributed by atoms with Gasteiger partial charge < -0.3 is 5.32 Å². The van der Waals surface area contributed by atoms with Crippen LogP contribution in [0.4, 0.5) is 0 Å². The van der Waals surface area contributed by atoms with Gasteiger partial charge in [0.25, 0.3) is 0 Å². The molecule has 3 unspecified atom stereocenters. The van der Waals surface area contributed by atoms with Gasteiger partial charge in [0, 0.05) is 18.6 Å². The summed E-state index contributed by atoms with van der Waals surface area (Å²) >= 11 is 0. The Balaban J connectivity index is 1.75. The molecule has 3 atom stereocenters. The van der Waals surface area contributed by atoms with E-state index in [1.165, 1.54) is 51.6 Å². The molecule has 0 radical (unpaired) electrons. The summed E-state index contributed by atoms with van der Waals surface area (Å²) in [5.41, 5.74) is 1.56. The van der Waals surface area contributed by atoms with E-state index in [0.29, 0.717) is 6.04 Å². The van der Waals surface area contributed by atoms with E-state index in [-0.39, 0.29) is 0 Å². The molecule has 0 aromatic heterocycles. The van der Waals surface area contributed by atoms with Crippen molar-refractivity contribution >= 4 is 0 Å². The lowest BCUT2D eigenvalue weighted by Crippen LogP contribution is -2.51. The summed E-state index contributed by atoms with van der Waals surface area (Å²) < 4.78 is 0. The molecule has 1 aliphatic carbocycles. The average Bonchev–Trinajstić information content (AvgIpc) is 2.56. The zero-order chi connectivity index (χ0) is 13.8. The highest BCUT2D eigenvalue weighted by atomic mass is 15.2. The molecule has 2 fully saturated rings. The van der Waals surface area contributed by atoms with Crippen molar-refractivity contribution in [2.45, 2.75) is 56.5 Å². The standard InChI is InChI=1S/C18H28N2/c1-19-16-10-7-13-20(14-16)18-12-6-5-11-17(18)15-8-3-2-4-9-15/h2-4,8-9,16-19H,5-7,10-14H2,1H3. The maximum atomic E-state index is 3.49. The second-order valence-corrected chi connectivity index (χ2v) is 6.49. The van der Waals surface area contributed by atoms with E-state index in [4.69, 9.17) is 0 Å². The number of nitrogens with zero attached hydrogens (tertiary/aromatic N) is 1. The number of hydrogen-bond acceptors (Lipinski definition) is 2. The minimum atomic E-state index is 0.696. The van der Waals surface area contributed by atoms with Crippen LogP contribution in [-0.2, 0) is 0 Å². The Morgan fingerprint density at radius 1 is 1.00 bits per heavy atom. The molecule has 2 heteroatoms. The number of likely N-dealkylation sites (N-methyl/N-ethyl adjacent to an activating group) is 1. The maximum absolute atomic E-state index is 3.49. The predicted molar refractivity (Wildman–Crippen MR) is 85.1 cm³/mol. The van der Waals surface area contributed by atoms with Crippen LogP contribution in [0.2, 0.25) is 0 Å². The fourth-order valence-electron chi connectivity index (χ4n) is 4.18. The zero-order valence-electron chi connectivity index (χ0n) is 12.7. The van der Waals surface area contributed by atoms with Crippen LogP contribution < -0.4 is 5.32 Å². The minimum absolute atomic E-state index is 0.696. The lowest BCUT2D eigenvalue weighted by Gasteiger charge is -2.44. The summed E-state index contributed by atoms with van der Waals surface area (Å²) in [6.45, 7) is 2.54. The van der Waals surface area contributed by atoms with Gasteiger partial charge in [-0.25, -0.2) is 0 Å². The van der Waals surface area contributed by atoms with Gasteiger partial charge in [0.2, 0.25) is 0 Å². The van der Waals surface area contributed by atoms with Crippen LogP contribution in [0.3, 0.4) is 0 Å². The molecule has 20 heavy (non-hydrogen) atoms. The van der Waals surface area contributed by atoms with Crippen molar-refractivity contribution in [3.8, 4) is 0 Å². The molecule has 1 aromatic carbocycles. The van der Waals surface area contributed by atoms with Crippen molar-refractivity contribution in [1.82, 2.24) is 10.2 Å². The summed E-state index contributed by atoms with van der Waals surface area (Å²) in [5.74, 6) is 0.751.